The highest BCUT2D eigenvalue weighted by molar-refractivity contribution is 5.85. The van der Waals surface area contributed by atoms with Crippen molar-refractivity contribution in [3.63, 3.8) is 0 Å². The molecular formula is C19H26ClNO3. The van der Waals surface area contributed by atoms with Crippen molar-refractivity contribution in [2.75, 3.05) is 13.7 Å². The normalized spacial score (nSPS) is 10.8. The number of hydrogen-bond donors (Lipinski definition) is 2. The zero-order chi connectivity index (χ0) is 16.7. The van der Waals surface area contributed by atoms with Crippen molar-refractivity contribution in [2.45, 2.75) is 32.5 Å². The van der Waals surface area contributed by atoms with E-state index in [-0.39, 0.29) is 24.6 Å². The molecule has 2 aromatic carbocycles. The van der Waals surface area contributed by atoms with Gasteiger partial charge in [-0.2, -0.15) is 0 Å². The van der Waals surface area contributed by atoms with E-state index in [0.29, 0.717) is 18.9 Å². The van der Waals surface area contributed by atoms with Gasteiger partial charge in [0.25, 0.3) is 0 Å². The molecule has 0 atom stereocenters. The molecule has 132 valence electrons. The van der Waals surface area contributed by atoms with Gasteiger partial charge in [-0.1, -0.05) is 42.5 Å². The molecule has 0 aliphatic heterocycles. The maximum atomic E-state index is 9.38. The number of aliphatic hydroxyl groups is 1. The van der Waals surface area contributed by atoms with E-state index in [1.807, 2.05) is 62.4 Å². The molecule has 4 nitrogen and oxygen atoms in total. The summed E-state index contributed by atoms with van der Waals surface area (Å²) >= 11 is 0. The van der Waals surface area contributed by atoms with E-state index in [4.69, 9.17) is 9.47 Å². The minimum absolute atomic E-state index is 0. The van der Waals surface area contributed by atoms with Crippen LogP contribution < -0.4 is 14.8 Å². The van der Waals surface area contributed by atoms with Gasteiger partial charge in [0.2, 0.25) is 0 Å². The van der Waals surface area contributed by atoms with Crippen molar-refractivity contribution >= 4 is 12.4 Å². The summed E-state index contributed by atoms with van der Waals surface area (Å²) in [6.45, 7) is 5.05. The Labute approximate surface area is 150 Å². The molecule has 0 saturated carbocycles. The van der Waals surface area contributed by atoms with Gasteiger partial charge < -0.3 is 19.9 Å². The second kappa shape index (κ2) is 9.52. The average molecular weight is 352 g/mol. The third kappa shape index (κ3) is 5.71. The lowest BCUT2D eigenvalue weighted by molar-refractivity contribution is 0.186. The Hall–Kier alpha value is -1.75. The summed E-state index contributed by atoms with van der Waals surface area (Å²) in [6, 6.07) is 15.9. The smallest absolute Gasteiger partial charge is 0.166 e. The highest BCUT2D eigenvalue weighted by Crippen LogP contribution is 2.32. The molecular weight excluding hydrogens is 326 g/mol. The van der Waals surface area contributed by atoms with Crippen LogP contribution in [0, 0.1) is 0 Å². The van der Waals surface area contributed by atoms with E-state index < -0.39 is 0 Å². The molecule has 2 aromatic rings. The fourth-order valence-corrected chi connectivity index (χ4v) is 2.15. The van der Waals surface area contributed by atoms with Crippen LogP contribution in [-0.4, -0.2) is 24.4 Å². The monoisotopic (exact) mass is 351 g/mol. The summed E-state index contributed by atoms with van der Waals surface area (Å²) < 4.78 is 11.4. The molecule has 0 saturated heterocycles. The predicted molar refractivity (Wildman–Crippen MR) is 99.0 cm³/mol. The highest BCUT2D eigenvalue weighted by atomic mass is 35.5. The average Bonchev–Trinajstić information content (AvgIpc) is 2.59. The molecule has 0 amide bonds. The molecule has 24 heavy (non-hydrogen) atoms. The van der Waals surface area contributed by atoms with Crippen LogP contribution in [0.1, 0.15) is 25.0 Å². The van der Waals surface area contributed by atoms with E-state index in [2.05, 4.69) is 5.32 Å². The molecule has 0 radical (unpaired) electrons. The maximum absolute atomic E-state index is 9.38. The first-order chi connectivity index (χ1) is 11.1. The van der Waals surface area contributed by atoms with Crippen molar-refractivity contribution in [3.05, 3.63) is 59.7 Å². The molecule has 0 aliphatic rings. The molecule has 0 spiro atoms. The molecule has 2 rings (SSSR count). The second-order valence-corrected chi connectivity index (χ2v) is 6.12. The Morgan fingerprint density at radius 3 is 2.38 bits per heavy atom. The first kappa shape index (κ1) is 20.3. The third-order valence-electron chi connectivity index (χ3n) is 3.66. The van der Waals surface area contributed by atoms with Gasteiger partial charge in [0, 0.05) is 17.6 Å². The van der Waals surface area contributed by atoms with Crippen molar-refractivity contribution in [3.8, 4) is 11.5 Å². The molecule has 0 fully saturated rings. The number of halogens is 1. The fourth-order valence-electron chi connectivity index (χ4n) is 2.15. The quantitative estimate of drug-likeness (QED) is 0.763. The second-order valence-electron chi connectivity index (χ2n) is 6.12. The van der Waals surface area contributed by atoms with Crippen molar-refractivity contribution in [1.29, 1.82) is 0 Å². The summed E-state index contributed by atoms with van der Waals surface area (Å²) in [6.07, 6.45) is 0. The third-order valence-corrected chi connectivity index (χ3v) is 3.66. The number of hydrogen-bond acceptors (Lipinski definition) is 4. The van der Waals surface area contributed by atoms with E-state index in [1.165, 1.54) is 0 Å². The van der Waals surface area contributed by atoms with Gasteiger partial charge in [-0.15, -0.1) is 12.4 Å². The topological polar surface area (TPSA) is 50.7 Å². The Morgan fingerprint density at radius 1 is 1.04 bits per heavy atom. The first-order valence-corrected chi connectivity index (χ1v) is 7.74. The molecule has 0 unspecified atom stereocenters. The van der Waals surface area contributed by atoms with Crippen molar-refractivity contribution in [1.82, 2.24) is 5.32 Å². The van der Waals surface area contributed by atoms with Gasteiger partial charge in [-0.3, -0.25) is 0 Å². The summed E-state index contributed by atoms with van der Waals surface area (Å²) in [5.74, 6) is 1.45. The summed E-state index contributed by atoms with van der Waals surface area (Å²) in [5.41, 5.74) is 1.76. The van der Waals surface area contributed by atoms with Crippen LogP contribution in [0.15, 0.2) is 48.5 Å². The minimum atomic E-state index is -0.347. The van der Waals surface area contributed by atoms with Crippen LogP contribution in [0.4, 0.5) is 0 Å². The Bertz CT molecular complexity index is 617. The van der Waals surface area contributed by atoms with Gasteiger partial charge in [0.15, 0.2) is 11.5 Å². The van der Waals surface area contributed by atoms with Crippen molar-refractivity contribution < 1.29 is 14.6 Å². The van der Waals surface area contributed by atoms with Crippen LogP contribution in [-0.2, 0) is 13.2 Å². The number of para-hydroxylation sites is 1. The summed E-state index contributed by atoms with van der Waals surface area (Å²) in [4.78, 5) is 0. The number of benzene rings is 2. The van der Waals surface area contributed by atoms with Crippen LogP contribution in [0.25, 0.3) is 0 Å². The molecule has 0 aliphatic carbocycles. The summed E-state index contributed by atoms with van der Waals surface area (Å²) in [7, 11) is 1.64. The molecule has 0 bridgehead atoms. The lowest BCUT2D eigenvalue weighted by atomic mass is 10.1. The number of aliphatic hydroxyl groups excluding tert-OH is 1. The molecule has 0 heterocycles. The SMILES string of the molecule is COc1cccc(CNC(C)(C)CO)c1OCc1ccccc1.Cl. The van der Waals surface area contributed by atoms with Gasteiger partial charge in [-0.25, -0.2) is 0 Å². The lowest BCUT2D eigenvalue weighted by Gasteiger charge is -2.24. The molecule has 0 aromatic heterocycles. The standard InChI is InChI=1S/C19H25NO3.ClH/c1-19(2,14-21)20-12-16-10-7-11-17(22-3)18(16)23-13-15-8-5-4-6-9-15;/h4-11,20-21H,12-14H2,1-3H3;1H. The largest absolute Gasteiger partial charge is 0.493 e. The van der Waals surface area contributed by atoms with Gasteiger partial charge in [0.05, 0.1) is 13.7 Å². The van der Waals surface area contributed by atoms with Crippen LogP contribution in [0.2, 0.25) is 0 Å². The highest BCUT2D eigenvalue weighted by Gasteiger charge is 2.17. The van der Waals surface area contributed by atoms with Crippen LogP contribution in [0.3, 0.4) is 0 Å². The Balaban J connectivity index is 0.00000288. The zero-order valence-corrected chi connectivity index (χ0v) is 15.2. The number of ether oxygens (including phenoxy) is 2. The van der Waals surface area contributed by atoms with Crippen LogP contribution >= 0.6 is 12.4 Å². The fraction of sp³-hybridized carbons (Fsp3) is 0.368. The van der Waals surface area contributed by atoms with Gasteiger partial charge in [0.1, 0.15) is 6.61 Å². The number of methoxy groups -OCH3 is 1. The van der Waals surface area contributed by atoms with E-state index in [1.54, 1.807) is 7.11 Å². The van der Waals surface area contributed by atoms with E-state index in [0.717, 1.165) is 16.9 Å². The molecule has 2 N–H and O–H groups in total. The van der Waals surface area contributed by atoms with E-state index in [9.17, 15) is 5.11 Å². The molecule has 5 heteroatoms. The van der Waals surface area contributed by atoms with E-state index >= 15 is 0 Å². The predicted octanol–water partition coefficient (Wildman–Crippen LogP) is 3.56. The Kier molecular flexibility index (Phi) is 8.05. The summed E-state index contributed by atoms with van der Waals surface area (Å²) in [5, 5.41) is 12.7. The number of rotatable bonds is 8. The zero-order valence-electron chi connectivity index (χ0n) is 14.4. The minimum Gasteiger partial charge on any atom is -0.493 e. The lowest BCUT2D eigenvalue weighted by Crippen LogP contribution is -2.42. The number of nitrogens with one attached hydrogen (secondary N) is 1. The van der Waals surface area contributed by atoms with Crippen LogP contribution in [0.5, 0.6) is 11.5 Å². The Morgan fingerprint density at radius 2 is 1.75 bits per heavy atom. The van der Waals surface area contributed by atoms with Gasteiger partial charge >= 0.3 is 0 Å². The first-order valence-electron chi connectivity index (χ1n) is 7.74. The van der Waals surface area contributed by atoms with Crippen molar-refractivity contribution in [2.24, 2.45) is 0 Å². The maximum Gasteiger partial charge on any atom is 0.166 e. The van der Waals surface area contributed by atoms with Gasteiger partial charge in [-0.05, 0) is 25.5 Å².